The van der Waals surface area contributed by atoms with Gasteiger partial charge in [-0.15, -0.1) is 0 Å². The predicted molar refractivity (Wildman–Crippen MR) is 127 cm³/mol. The average molecular weight is 487 g/mol. The molecule has 2 aromatic carbocycles. The first-order valence-corrected chi connectivity index (χ1v) is 11.4. The Balaban J connectivity index is 1.54. The van der Waals surface area contributed by atoms with Crippen LogP contribution in [-0.4, -0.2) is 34.9 Å². The number of fused-ring (bicyclic) bond motifs is 1. The molecule has 0 spiro atoms. The van der Waals surface area contributed by atoms with Crippen LogP contribution in [-0.2, 0) is 4.79 Å². The van der Waals surface area contributed by atoms with Crippen LogP contribution in [0.2, 0.25) is 0 Å². The van der Waals surface area contributed by atoms with Gasteiger partial charge in [0.15, 0.2) is 5.17 Å². The van der Waals surface area contributed by atoms with E-state index in [9.17, 15) is 4.79 Å². The van der Waals surface area contributed by atoms with E-state index in [1.807, 2.05) is 67.3 Å². The zero-order chi connectivity index (χ0) is 21.3. The molecule has 3 atom stereocenters. The normalized spacial score (nSPS) is 23.2. The van der Waals surface area contributed by atoms with Gasteiger partial charge in [-0.25, -0.2) is 10.4 Å². The topological polar surface area (TPSA) is 92.6 Å². The molecule has 1 fully saturated rings. The van der Waals surface area contributed by atoms with E-state index in [1.165, 1.54) is 11.8 Å². The smallest absolute Gasteiger partial charge is 0.234 e. The van der Waals surface area contributed by atoms with Gasteiger partial charge in [0.1, 0.15) is 12.0 Å². The van der Waals surface area contributed by atoms with Gasteiger partial charge >= 0.3 is 0 Å². The Morgan fingerprint density at radius 2 is 2.03 bits per heavy atom. The summed E-state index contributed by atoms with van der Waals surface area (Å²) in [6.07, 6.45) is -0.221. The molecular formula is C21H23BrN6OS. The molecule has 7 nitrogen and oxygen atoms in total. The van der Waals surface area contributed by atoms with E-state index in [4.69, 9.17) is 10.4 Å². The quantitative estimate of drug-likeness (QED) is 0.528. The van der Waals surface area contributed by atoms with Gasteiger partial charge in [0.2, 0.25) is 5.91 Å². The lowest BCUT2D eigenvalue weighted by atomic mass is 9.97. The van der Waals surface area contributed by atoms with Crippen molar-refractivity contribution in [3.05, 3.63) is 58.6 Å². The van der Waals surface area contributed by atoms with Crippen molar-refractivity contribution >= 4 is 56.0 Å². The SMILES string of the molecule is Cc1cccc(NC(=O)CSC2=NC3NNC(C)C3C(=N)N2c2ccc(Br)cc2)c1. The Labute approximate surface area is 188 Å². The Hall–Kier alpha value is -2.20. The van der Waals surface area contributed by atoms with Gasteiger partial charge in [-0.3, -0.25) is 20.5 Å². The third kappa shape index (κ3) is 4.44. The molecule has 3 unspecified atom stereocenters. The summed E-state index contributed by atoms with van der Waals surface area (Å²) in [5.41, 5.74) is 9.05. The minimum absolute atomic E-state index is 0.0837. The second-order valence-corrected chi connectivity index (χ2v) is 9.22. The number of hydrazine groups is 1. The maximum Gasteiger partial charge on any atom is 0.234 e. The van der Waals surface area contributed by atoms with Crippen LogP contribution >= 0.6 is 27.7 Å². The van der Waals surface area contributed by atoms with Crippen molar-refractivity contribution in [2.75, 3.05) is 16.0 Å². The standard InChI is InChI=1S/C21H23BrN6OS/c1-12-4-3-5-15(10-12)24-17(29)11-30-21-25-20-18(13(2)26-27-20)19(23)28(21)16-8-6-14(22)7-9-16/h3-10,13,18,20,23,26-27H,11H2,1-2H3,(H,24,29). The molecule has 4 rings (SSSR count). The van der Waals surface area contributed by atoms with Crippen LogP contribution < -0.4 is 21.1 Å². The first-order valence-electron chi connectivity index (χ1n) is 9.64. The molecule has 0 radical (unpaired) electrons. The Morgan fingerprint density at radius 3 is 2.77 bits per heavy atom. The van der Waals surface area contributed by atoms with Crippen LogP contribution in [0.1, 0.15) is 12.5 Å². The van der Waals surface area contributed by atoms with Crippen LogP contribution in [0.3, 0.4) is 0 Å². The molecule has 2 aromatic rings. The van der Waals surface area contributed by atoms with Gasteiger partial charge in [0.05, 0.1) is 11.7 Å². The molecule has 0 bridgehead atoms. The van der Waals surface area contributed by atoms with Crippen LogP contribution in [0.4, 0.5) is 11.4 Å². The van der Waals surface area contributed by atoms with Gasteiger partial charge in [0.25, 0.3) is 0 Å². The number of anilines is 2. The molecule has 0 aromatic heterocycles. The number of hydrogen-bond acceptors (Lipinski definition) is 6. The zero-order valence-electron chi connectivity index (χ0n) is 16.6. The lowest BCUT2D eigenvalue weighted by Gasteiger charge is -2.35. The highest BCUT2D eigenvalue weighted by Crippen LogP contribution is 2.32. The van der Waals surface area contributed by atoms with Gasteiger partial charge in [-0.1, -0.05) is 39.8 Å². The second kappa shape index (κ2) is 8.89. The van der Waals surface area contributed by atoms with Crippen molar-refractivity contribution in [2.45, 2.75) is 26.1 Å². The predicted octanol–water partition coefficient (Wildman–Crippen LogP) is 3.72. The van der Waals surface area contributed by atoms with E-state index >= 15 is 0 Å². The van der Waals surface area contributed by atoms with Crippen LogP contribution in [0.15, 0.2) is 58.0 Å². The monoisotopic (exact) mass is 486 g/mol. The van der Waals surface area contributed by atoms with Crippen LogP contribution in [0.25, 0.3) is 0 Å². The Morgan fingerprint density at radius 1 is 1.27 bits per heavy atom. The highest BCUT2D eigenvalue weighted by molar-refractivity contribution is 9.10. The molecule has 30 heavy (non-hydrogen) atoms. The molecular weight excluding hydrogens is 464 g/mol. The number of amidine groups is 2. The number of amides is 1. The molecule has 156 valence electrons. The second-order valence-electron chi connectivity index (χ2n) is 7.36. The van der Waals surface area contributed by atoms with Crippen molar-refractivity contribution in [1.82, 2.24) is 10.9 Å². The first kappa shape index (κ1) is 21.0. The van der Waals surface area contributed by atoms with E-state index in [0.29, 0.717) is 11.0 Å². The fraction of sp³-hybridized carbons (Fsp3) is 0.286. The lowest BCUT2D eigenvalue weighted by molar-refractivity contribution is -0.113. The molecule has 0 saturated carbocycles. The number of benzene rings is 2. The maximum absolute atomic E-state index is 12.5. The summed E-state index contributed by atoms with van der Waals surface area (Å²) in [6.45, 7) is 4.03. The zero-order valence-corrected chi connectivity index (χ0v) is 19.0. The number of carbonyl (C=O) groups excluding carboxylic acids is 1. The lowest BCUT2D eigenvalue weighted by Crippen LogP contribution is -2.50. The van der Waals surface area contributed by atoms with E-state index in [-0.39, 0.29) is 29.8 Å². The third-order valence-electron chi connectivity index (χ3n) is 5.05. The first-order chi connectivity index (χ1) is 14.4. The van der Waals surface area contributed by atoms with E-state index < -0.39 is 0 Å². The number of halogens is 1. The maximum atomic E-state index is 12.5. The third-order valence-corrected chi connectivity index (χ3v) is 6.54. The van der Waals surface area contributed by atoms with Crippen molar-refractivity contribution in [1.29, 1.82) is 5.41 Å². The number of nitrogens with one attached hydrogen (secondary N) is 4. The molecule has 2 aliphatic rings. The average Bonchev–Trinajstić information content (AvgIpc) is 3.08. The molecule has 2 aliphatic heterocycles. The van der Waals surface area contributed by atoms with Crippen LogP contribution in [0, 0.1) is 18.3 Å². The number of hydrogen-bond donors (Lipinski definition) is 4. The highest BCUT2D eigenvalue weighted by atomic mass is 79.9. The summed E-state index contributed by atoms with van der Waals surface area (Å²) in [7, 11) is 0. The molecule has 2 heterocycles. The number of thioether (sulfide) groups is 1. The summed E-state index contributed by atoms with van der Waals surface area (Å²) >= 11 is 4.79. The van der Waals surface area contributed by atoms with Crippen LogP contribution in [0.5, 0.6) is 0 Å². The fourth-order valence-corrected chi connectivity index (χ4v) is 4.71. The fourth-order valence-electron chi connectivity index (χ4n) is 3.59. The molecule has 9 heteroatoms. The number of rotatable bonds is 4. The van der Waals surface area contributed by atoms with E-state index in [0.717, 1.165) is 21.4 Å². The summed E-state index contributed by atoms with van der Waals surface area (Å²) in [4.78, 5) is 19.2. The largest absolute Gasteiger partial charge is 0.325 e. The minimum atomic E-state index is -0.221. The highest BCUT2D eigenvalue weighted by Gasteiger charge is 2.43. The minimum Gasteiger partial charge on any atom is -0.325 e. The van der Waals surface area contributed by atoms with E-state index in [1.54, 1.807) is 0 Å². The van der Waals surface area contributed by atoms with Crippen molar-refractivity contribution in [3.8, 4) is 0 Å². The van der Waals surface area contributed by atoms with Crippen molar-refractivity contribution < 1.29 is 4.79 Å². The molecule has 1 amide bonds. The summed E-state index contributed by atoms with van der Waals surface area (Å²) in [5, 5.41) is 12.4. The van der Waals surface area contributed by atoms with Crippen molar-refractivity contribution in [3.63, 3.8) is 0 Å². The van der Waals surface area contributed by atoms with E-state index in [2.05, 4.69) is 32.1 Å². The summed E-state index contributed by atoms with van der Waals surface area (Å²) < 4.78 is 0.967. The summed E-state index contributed by atoms with van der Waals surface area (Å²) in [6, 6.07) is 15.6. The summed E-state index contributed by atoms with van der Waals surface area (Å²) in [5.74, 6) is 0.472. The molecule has 1 saturated heterocycles. The molecule has 4 N–H and O–H groups in total. The van der Waals surface area contributed by atoms with Gasteiger partial charge in [-0.05, 0) is 55.8 Å². The van der Waals surface area contributed by atoms with Gasteiger partial charge < -0.3 is 5.32 Å². The van der Waals surface area contributed by atoms with Gasteiger partial charge in [-0.2, -0.15) is 0 Å². The molecule has 0 aliphatic carbocycles. The van der Waals surface area contributed by atoms with Crippen molar-refractivity contribution in [2.24, 2.45) is 10.9 Å². The number of aryl methyl sites for hydroxylation is 1. The van der Waals surface area contributed by atoms with Gasteiger partial charge in [0, 0.05) is 21.9 Å². The number of carbonyl (C=O) groups is 1. The number of aliphatic imine (C=N–C) groups is 1. The number of nitrogens with zero attached hydrogens (tertiary/aromatic N) is 2. The Kier molecular flexibility index (Phi) is 6.24. The Bertz CT molecular complexity index is 995.